The van der Waals surface area contributed by atoms with Gasteiger partial charge in [0.1, 0.15) is 23.0 Å². The molecule has 0 aliphatic carbocycles. The minimum Gasteiger partial charge on any atom is -0.497 e. The number of likely N-dealkylation sites (tertiary alicyclic amines) is 1. The molecule has 8 nitrogen and oxygen atoms in total. The molecule has 0 saturated carbocycles. The highest BCUT2D eigenvalue weighted by molar-refractivity contribution is 5.93. The smallest absolute Gasteiger partial charge is 0.237 e. The van der Waals surface area contributed by atoms with Crippen LogP contribution in [-0.2, 0) is 16.8 Å². The summed E-state index contributed by atoms with van der Waals surface area (Å²) in [6.07, 6.45) is 2.69. The molecule has 3 aromatic rings. The highest BCUT2D eigenvalue weighted by atomic mass is 16.5. The van der Waals surface area contributed by atoms with Gasteiger partial charge in [-0.25, -0.2) is 0 Å². The first-order valence-corrected chi connectivity index (χ1v) is 15.2. The first-order valence-electron chi connectivity index (χ1n) is 15.2. The van der Waals surface area contributed by atoms with Crippen LogP contribution in [0.4, 0.5) is 0 Å². The Hall–Kier alpha value is -3.75. The second-order valence-electron chi connectivity index (χ2n) is 11.5. The summed E-state index contributed by atoms with van der Waals surface area (Å²) >= 11 is 0. The fourth-order valence-electron chi connectivity index (χ4n) is 6.55. The van der Waals surface area contributed by atoms with E-state index in [4.69, 9.17) is 18.9 Å². The maximum absolute atomic E-state index is 14.4. The normalized spacial score (nSPS) is 17.5. The number of carbonyl (C=O) groups excluding carboxylic acids is 1. The molecular weight excluding hydrogens is 542 g/mol. The molecule has 5 rings (SSSR count). The Bertz CT molecular complexity index is 1270. The van der Waals surface area contributed by atoms with Crippen LogP contribution in [0.15, 0.2) is 66.7 Å². The number of piperazine rings is 1. The molecule has 230 valence electrons. The second-order valence-corrected chi connectivity index (χ2v) is 11.5. The van der Waals surface area contributed by atoms with Crippen molar-refractivity contribution < 1.29 is 23.7 Å². The number of nitrogens with zero attached hydrogens (tertiary/aromatic N) is 3. The summed E-state index contributed by atoms with van der Waals surface area (Å²) < 4.78 is 21.7. The van der Waals surface area contributed by atoms with Crippen molar-refractivity contribution in [3.8, 4) is 23.0 Å². The van der Waals surface area contributed by atoms with Crippen LogP contribution in [0, 0.1) is 0 Å². The number of carbonyl (C=O) groups is 1. The lowest BCUT2D eigenvalue weighted by molar-refractivity contribution is -0.139. The Kier molecular flexibility index (Phi) is 10.1. The average molecular weight is 588 g/mol. The Morgan fingerprint density at radius 3 is 1.65 bits per heavy atom. The van der Waals surface area contributed by atoms with Gasteiger partial charge in [-0.05, 0) is 78.9 Å². The lowest BCUT2D eigenvalue weighted by atomic mass is 9.68. The zero-order chi connectivity index (χ0) is 30.2. The van der Waals surface area contributed by atoms with Gasteiger partial charge in [0.25, 0.3) is 0 Å². The van der Waals surface area contributed by atoms with E-state index in [1.807, 2.05) is 54.6 Å². The van der Waals surface area contributed by atoms with Crippen LogP contribution in [0.5, 0.6) is 23.0 Å². The Morgan fingerprint density at radius 1 is 0.628 bits per heavy atom. The molecule has 2 heterocycles. The van der Waals surface area contributed by atoms with Gasteiger partial charge in [-0.15, -0.1) is 0 Å². The van der Waals surface area contributed by atoms with Gasteiger partial charge in [0.2, 0.25) is 5.91 Å². The molecule has 43 heavy (non-hydrogen) atoms. The molecule has 8 heteroatoms. The number of ether oxygens (including phenoxy) is 4. The molecule has 0 atom stereocenters. The third-order valence-electron chi connectivity index (χ3n) is 8.98. The molecule has 0 aromatic heterocycles. The zero-order valence-electron chi connectivity index (χ0n) is 26.0. The molecular formula is C35H45N3O5. The highest BCUT2D eigenvalue weighted by Crippen LogP contribution is 2.42. The first kappa shape index (κ1) is 30.7. The van der Waals surface area contributed by atoms with Gasteiger partial charge >= 0.3 is 0 Å². The monoisotopic (exact) mass is 587 g/mol. The van der Waals surface area contributed by atoms with E-state index >= 15 is 0 Å². The Morgan fingerprint density at radius 2 is 1.14 bits per heavy atom. The Labute approximate surface area is 256 Å². The van der Waals surface area contributed by atoms with E-state index in [1.165, 1.54) is 5.56 Å². The summed E-state index contributed by atoms with van der Waals surface area (Å²) in [5.74, 6) is 3.41. The SMILES string of the molecule is COc1ccc(C2(c3ccc(OC)cc3)CCCN(CCCN3CCN(Cc4cc(OC)cc(OC)c4)CC3)C2=O)cc1. The number of methoxy groups -OCH3 is 4. The van der Waals surface area contributed by atoms with E-state index in [0.717, 1.165) is 106 Å². The minimum atomic E-state index is -0.717. The second kappa shape index (κ2) is 14.1. The third-order valence-corrected chi connectivity index (χ3v) is 8.98. The molecule has 1 amide bonds. The maximum atomic E-state index is 14.4. The van der Waals surface area contributed by atoms with Crippen LogP contribution in [0.3, 0.4) is 0 Å². The summed E-state index contributed by atoms with van der Waals surface area (Å²) in [7, 11) is 6.71. The van der Waals surface area contributed by atoms with E-state index in [2.05, 4.69) is 26.8 Å². The van der Waals surface area contributed by atoms with Crippen molar-refractivity contribution in [3.05, 3.63) is 83.4 Å². The average Bonchev–Trinajstić information content (AvgIpc) is 3.06. The molecule has 2 aliphatic rings. The van der Waals surface area contributed by atoms with Gasteiger partial charge in [-0.2, -0.15) is 0 Å². The summed E-state index contributed by atoms with van der Waals surface area (Å²) in [5, 5.41) is 0. The van der Waals surface area contributed by atoms with Gasteiger partial charge in [-0.1, -0.05) is 24.3 Å². The van der Waals surface area contributed by atoms with E-state index in [9.17, 15) is 4.79 Å². The number of hydrogen-bond donors (Lipinski definition) is 0. The molecule has 2 aliphatic heterocycles. The summed E-state index contributed by atoms with van der Waals surface area (Å²) in [5.41, 5.74) is 2.51. The predicted octanol–water partition coefficient (Wildman–Crippen LogP) is 4.84. The van der Waals surface area contributed by atoms with E-state index in [-0.39, 0.29) is 5.91 Å². The van der Waals surface area contributed by atoms with Crippen molar-refractivity contribution in [2.24, 2.45) is 0 Å². The van der Waals surface area contributed by atoms with Crippen LogP contribution >= 0.6 is 0 Å². The van der Waals surface area contributed by atoms with Crippen LogP contribution in [0.25, 0.3) is 0 Å². The fraction of sp³-hybridized carbons (Fsp3) is 0.457. The standard InChI is InChI=1S/C35H45N3O5/c1-40-30-11-7-28(8-12-30)35(29-9-13-31(41-2)14-10-29)15-5-17-38(34(35)39)18-6-16-36-19-21-37(22-20-36)26-27-23-32(42-3)25-33(24-27)43-4/h7-14,23-25H,5-6,15-22,26H2,1-4H3. The Balaban J connectivity index is 1.20. The molecule has 0 spiro atoms. The van der Waals surface area contributed by atoms with Gasteiger partial charge in [-0.3, -0.25) is 9.69 Å². The van der Waals surface area contributed by atoms with Crippen LogP contribution in [0.1, 0.15) is 36.0 Å². The molecule has 2 saturated heterocycles. The van der Waals surface area contributed by atoms with Gasteiger partial charge in [0, 0.05) is 51.9 Å². The number of piperidine rings is 1. The van der Waals surface area contributed by atoms with E-state index in [1.54, 1.807) is 28.4 Å². The van der Waals surface area contributed by atoms with Gasteiger partial charge in [0.05, 0.1) is 33.9 Å². The fourth-order valence-corrected chi connectivity index (χ4v) is 6.55. The maximum Gasteiger partial charge on any atom is 0.237 e. The number of amides is 1. The molecule has 0 unspecified atom stereocenters. The lowest BCUT2D eigenvalue weighted by Crippen LogP contribution is -2.53. The highest BCUT2D eigenvalue weighted by Gasteiger charge is 2.46. The largest absolute Gasteiger partial charge is 0.497 e. The molecule has 0 radical (unpaired) electrons. The third kappa shape index (κ3) is 6.92. The molecule has 0 bridgehead atoms. The van der Waals surface area contributed by atoms with Crippen LogP contribution in [-0.4, -0.2) is 94.9 Å². The van der Waals surface area contributed by atoms with Crippen LogP contribution in [0.2, 0.25) is 0 Å². The van der Waals surface area contributed by atoms with Crippen molar-refractivity contribution in [1.82, 2.24) is 14.7 Å². The van der Waals surface area contributed by atoms with Crippen molar-refractivity contribution in [1.29, 1.82) is 0 Å². The summed E-state index contributed by atoms with van der Waals surface area (Å²) in [4.78, 5) is 21.5. The van der Waals surface area contributed by atoms with Gasteiger partial charge < -0.3 is 28.7 Å². The number of benzene rings is 3. The van der Waals surface area contributed by atoms with Crippen molar-refractivity contribution in [2.75, 3.05) is 74.3 Å². The lowest BCUT2D eigenvalue weighted by Gasteiger charge is -2.43. The van der Waals surface area contributed by atoms with Crippen molar-refractivity contribution in [2.45, 2.75) is 31.2 Å². The van der Waals surface area contributed by atoms with Crippen LogP contribution < -0.4 is 18.9 Å². The number of hydrogen-bond acceptors (Lipinski definition) is 7. The van der Waals surface area contributed by atoms with Crippen molar-refractivity contribution in [3.63, 3.8) is 0 Å². The first-order chi connectivity index (χ1) is 21.0. The quantitative estimate of drug-likeness (QED) is 0.301. The van der Waals surface area contributed by atoms with E-state index < -0.39 is 5.41 Å². The summed E-state index contributed by atoms with van der Waals surface area (Å²) in [6.45, 7) is 7.50. The van der Waals surface area contributed by atoms with Crippen molar-refractivity contribution >= 4 is 5.91 Å². The molecule has 0 N–H and O–H groups in total. The minimum absolute atomic E-state index is 0.188. The summed E-state index contributed by atoms with van der Waals surface area (Å²) in [6, 6.07) is 22.1. The predicted molar refractivity (Wildman–Crippen MR) is 168 cm³/mol. The van der Waals surface area contributed by atoms with Gasteiger partial charge in [0.15, 0.2) is 0 Å². The molecule has 2 fully saturated rings. The topological polar surface area (TPSA) is 63.7 Å². The zero-order valence-corrected chi connectivity index (χ0v) is 26.0. The molecule has 3 aromatic carbocycles. The van der Waals surface area contributed by atoms with E-state index in [0.29, 0.717) is 0 Å². The number of rotatable bonds is 12.